The molecule has 1 rings (SSSR count). The van der Waals surface area contributed by atoms with Gasteiger partial charge in [-0.15, -0.1) is 0 Å². The first kappa shape index (κ1) is 10.5. The van der Waals surface area contributed by atoms with E-state index in [2.05, 4.69) is 15.9 Å². The van der Waals surface area contributed by atoms with Crippen molar-refractivity contribution in [3.63, 3.8) is 0 Å². The van der Waals surface area contributed by atoms with Gasteiger partial charge < -0.3 is 4.74 Å². The SMILES string of the molecule is CN(N)CCOc1ccc(Br)cc1. The molecule has 72 valence electrons. The highest BCUT2D eigenvalue weighted by Crippen LogP contribution is 2.15. The van der Waals surface area contributed by atoms with Crippen molar-refractivity contribution in [1.82, 2.24) is 5.01 Å². The van der Waals surface area contributed by atoms with Gasteiger partial charge in [-0.1, -0.05) is 15.9 Å². The molecule has 0 aliphatic rings. The monoisotopic (exact) mass is 244 g/mol. The van der Waals surface area contributed by atoms with E-state index in [0.717, 1.165) is 16.8 Å². The Hall–Kier alpha value is -0.580. The van der Waals surface area contributed by atoms with Crippen LogP contribution in [0.4, 0.5) is 0 Å². The smallest absolute Gasteiger partial charge is 0.119 e. The van der Waals surface area contributed by atoms with Crippen LogP contribution in [0.25, 0.3) is 0 Å². The minimum atomic E-state index is 0.606. The molecule has 0 saturated heterocycles. The fourth-order valence-corrected chi connectivity index (χ4v) is 1.10. The van der Waals surface area contributed by atoms with Gasteiger partial charge in [0.05, 0.1) is 0 Å². The molecular weight excluding hydrogens is 232 g/mol. The molecule has 0 heterocycles. The number of halogens is 1. The average Bonchev–Trinajstić information content (AvgIpc) is 2.08. The second-order valence-corrected chi connectivity index (χ2v) is 3.70. The maximum Gasteiger partial charge on any atom is 0.119 e. The van der Waals surface area contributed by atoms with E-state index < -0.39 is 0 Å². The van der Waals surface area contributed by atoms with Gasteiger partial charge in [0.1, 0.15) is 12.4 Å². The van der Waals surface area contributed by atoms with Crippen molar-refractivity contribution < 1.29 is 4.74 Å². The first-order valence-electron chi connectivity index (χ1n) is 4.02. The van der Waals surface area contributed by atoms with Crippen molar-refractivity contribution in [2.75, 3.05) is 20.2 Å². The van der Waals surface area contributed by atoms with E-state index in [9.17, 15) is 0 Å². The van der Waals surface area contributed by atoms with Crippen molar-refractivity contribution in [1.29, 1.82) is 0 Å². The number of likely N-dealkylation sites (N-methyl/N-ethyl adjacent to an activating group) is 1. The van der Waals surface area contributed by atoms with Crippen LogP contribution >= 0.6 is 15.9 Å². The normalized spacial score (nSPS) is 10.5. The van der Waals surface area contributed by atoms with E-state index in [-0.39, 0.29) is 0 Å². The molecule has 0 radical (unpaired) electrons. The molecular formula is C9H13BrN2O. The molecule has 0 saturated carbocycles. The Kier molecular flexibility index (Phi) is 4.21. The van der Waals surface area contributed by atoms with Crippen LogP contribution < -0.4 is 10.6 Å². The molecule has 13 heavy (non-hydrogen) atoms. The van der Waals surface area contributed by atoms with Gasteiger partial charge in [-0.25, -0.2) is 5.01 Å². The summed E-state index contributed by atoms with van der Waals surface area (Å²) in [5, 5.41) is 1.60. The summed E-state index contributed by atoms with van der Waals surface area (Å²) in [7, 11) is 1.81. The Labute approximate surface area is 86.6 Å². The highest BCUT2D eigenvalue weighted by molar-refractivity contribution is 9.10. The number of hydrogen-bond acceptors (Lipinski definition) is 3. The van der Waals surface area contributed by atoms with E-state index in [1.54, 1.807) is 5.01 Å². The van der Waals surface area contributed by atoms with Crippen LogP contribution in [0.5, 0.6) is 5.75 Å². The zero-order valence-electron chi connectivity index (χ0n) is 7.53. The van der Waals surface area contributed by atoms with Gasteiger partial charge in [-0.05, 0) is 24.3 Å². The summed E-state index contributed by atoms with van der Waals surface area (Å²) in [5.74, 6) is 6.29. The van der Waals surface area contributed by atoms with Crippen molar-refractivity contribution in [2.24, 2.45) is 5.84 Å². The van der Waals surface area contributed by atoms with E-state index in [4.69, 9.17) is 10.6 Å². The topological polar surface area (TPSA) is 38.5 Å². The zero-order valence-corrected chi connectivity index (χ0v) is 9.12. The van der Waals surface area contributed by atoms with E-state index in [1.807, 2.05) is 31.3 Å². The Balaban J connectivity index is 2.33. The third-order valence-corrected chi connectivity index (χ3v) is 2.06. The molecule has 0 aliphatic carbocycles. The lowest BCUT2D eigenvalue weighted by Gasteiger charge is -2.10. The van der Waals surface area contributed by atoms with Gasteiger partial charge in [0.25, 0.3) is 0 Å². The molecule has 4 heteroatoms. The molecule has 0 unspecified atom stereocenters. The molecule has 0 aromatic heterocycles. The predicted octanol–water partition coefficient (Wildman–Crippen LogP) is 1.63. The molecule has 0 atom stereocenters. The molecule has 2 N–H and O–H groups in total. The highest BCUT2D eigenvalue weighted by atomic mass is 79.9. The van der Waals surface area contributed by atoms with Gasteiger partial charge >= 0.3 is 0 Å². The maximum absolute atomic E-state index is 5.43. The summed E-state index contributed by atoms with van der Waals surface area (Å²) in [6.07, 6.45) is 0. The Morgan fingerprint density at radius 3 is 2.54 bits per heavy atom. The van der Waals surface area contributed by atoms with Gasteiger partial charge in [-0.3, -0.25) is 5.84 Å². The molecule has 0 aliphatic heterocycles. The predicted molar refractivity (Wildman–Crippen MR) is 56.5 cm³/mol. The quantitative estimate of drug-likeness (QED) is 0.647. The third kappa shape index (κ3) is 4.26. The van der Waals surface area contributed by atoms with Crippen molar-refractivity contribution in [3.8, 4) is 5.75 Å². The second-order valence-electron chi connectivity index (χ2n) is 2.78. The summed E-state index contributed by atoms with van der Waals surface area (Å²) in [4.78, 5) is 0. The van der Waals surface area contributed by atoms with Crippen LogP contribution in [0, 0.1) is 0 Å². The van der Waals surface area contributed by atoms with Crippen molar-refractivity contribution in [3.05, 3.63) is 28.7 Å². The number of hydrazine groups is 1. The summed E-state index contributed by atoms with van der Waals surface area (Å²) in [6, 6.07) is 7.73. The number of nitrogens with zero attached hydrogens (tertiary/aromatic N) is 1. The van der Waals surface area contributed by atoms with Crippen molar-refractivity contribution in [2.45, 2.75) is 0 Å². The number of hydrogen-bond donors (Lipinski definition) is 1. The molecule has 0 amide bonds. The van der Waals surface area contributed by atoms with Crippen LogP contribution in [0.2, 0.25) is 0 Å². The zero-order chi connectivity index (χ0) is 9.68. The Bertz CT molecular complexity index is 248. The summed E-state index contributed by atoms with van der Waals surface area (Å²) in [6.45, 7) is 1.32. The van der Waals surface area contributed by atoms with Gasteiger partial charge in [0, 0.05) is 18.1 Å². The number of ether oxygens (including phenoxy) is 1. The summed E-state index contributed by atoms with van der Waals surface area (Å²) >= 11 is 3.35. The molecule has 0 fully saturated rings. The third-order valence-electron chi connectivity index (χ3n) is 1.53. The lowest BCUT2D eigenvalue weighted by molar-refractivity contribution is 0.241. The van der Waals surface area contributed by atoms with Crippen molar-refractivity contribution >= 4 is 15.9 Å². The van der Waals surface area contributed by atoms with Gasteiger partial charge in [-0.2, -0.15) is 0 Å². The lowest BCUT2D eigenvalue weighted by Crippen LogP contribution is -2.30. The lowest BCUT2D eigenvalue weighted by atomic mass is 10.3. The minimum absolute atomic E-state index is 0.606. The van der Waals surface area contributed by atoms with Crippen LogP contribution in [0.3, 0.4) is 0 Å². The first-order chi connectivity index (χ1) is 6.18. The number of benzene rings is 1. The van der Waals surface area contributed by atoms with E-state index >= 15 is 0 Å². The molecule has 1 aromatic rings. The molecule has 0 bridgehead atoms. The van der Waals surface area contributed by atoms with Gasteiger partial charge in [0.2, 0.25) is 0 Å². The maximum atomic E-state index is 5.43. The van der Waals surface area contributed by atoms with Crippen LogP contribution in [0.15, 0.2) is 28.7 Å². The Morgan fingerprint density at radius 1 is 1.38 bits per heavy atom. The highest BCUT2D eigenvalue weighted by Gasteiger charge is 1.94. The molecule has 1 aromatic carbocycles. The fraction of sp³-hybridized carbons (Fsp3) is 0.333. The molecule has 3 nitrogen and oxygen atoms in total. The number of rotatable bonds is 4. The first-order valence-corrected chi connectivity index (χ1v) is 4.82. The minimum Gasteiger partial charge on any atom is -0.492 e. The average molecular weight is 245 g/mol. The largest absolute Gasteiger partial charge is 0.492 e. The summed E-state index contributed by atoms with van der Waals surface area (Å²) in [5.41, 5.74) is 0. The summed E-state index contributed by atoms with van der Waals surface area (Å²) < 4.78 is 6.48. The van der Waals surface area contributed by atoms with Crippen LogP contribution in [-0.2, 0) is 0 Å². The van der Waals surface area contributed by atoms with E-state index in [1.165, 1.54) is 0 Å². The van der Waals surface area contributed by atoms with E-state index in [0.29, 0.717) is 6.61 Å². The van der Waals surface area contributed by atoms with Gasteiger partial charge in [0.15, 0.2) is 0 Å². The Morgan fingerprint density at radius 2 is 2.00 bits per heavy atom. The number of nitrogens with two attached hydrogens (primary N) is 1. The van der Waals surface area contributed by atoms with Crippen LogP contribution in [-0.4, -0.2) is 25.2 Å². The van der Waals surface area contributed by atoms with Crippen LogP contribution in [0.1, 0.15) is 0 Å². The second kappa shape index (κ2) is 5.21. The molecule has 0 spiro atoms. The standard InChI is InChI=1S/C9H13BrN2O/c1-12(11)6-7-13-9-4-2-8(10)3-5-9/h2-5H,6-7,11H2,1H3. The fourth-order valence-electron chi connectivity index (χ4n) is 0.838.